The fourth-order valence-electron chi connectivity index (χ4n) is 2.04. The monoisotopic (exact) mass is 409 g/mol. The standard InChI is InChI=1S/C18H20INO2/c1-12-4-7-16(17(19)10-12)18(21)20-8-9-22-15-6-5-13(2)14(3)11-15/h4-7,10-11H,8-9H2,1-3H3,(H,20,21). The lowest BCUT2D eigenvalue weighted by Gasteiger charge is -2.10. The number of halogens is 1. The summed E-state index contributed by atoms with van der Waals surface area (Å²) in [7, 11) is 0. The van der Waals surface area contributed by atoms with Gasteiger partial charge in [-0.1, -0.05) is 17.7 Å². The highest BCUT2D eigenvalue weighted by molar-refractivity contribution is 14.1. The average Bonchev–Trinajstić information content (AvgIpc) is 2.47. The summed E-state index contributed by atoms with van der Waals surface area (Å²) >= 11 is 2.19. The van der Waals surface area contributed by atoms with Gasteiger partial charge in [-0.25, -0.2) is 0 Å². The molecule has 0 saturated carbocycles. The Labute approximate surface area is 145 Å². The minimum absolute atomic E-state index is 0.0620. The number of carbonyl (C=O) groups is 1. The number of carbonyl (C=O) groups excluding carboxylic acids is 1. The first-order valence-electron chi connectivity index (χ1n) is 7.22. The summed E-state index contributed by atoms with van der Waals surface area (Å²) in [6, 6.07) is 11.8. The van der Waals surface area contributed by atoms with E-state index in [1.807, 2.05) is 43.3 Å². The normalized spacial score (nSPS) is 10.4. The molecule has 0 heterocycles. The summed E-state index contributed by atoms with van der Waals surface area (Å²) in [4.78, 5) is 12.1. The fraction of sp³-hybridized carbons (Fsp3) is 0.278. The van der Waals surface area contributed by atoms with Crippen LogP contribution in [0.5, 0.6) is 5.75 Å². The second-order valence-electron chi connectivity index (χ2n) is 5.33. The van der Waals surface area contributed by atoms with Crippen molar-refractivity contribution in [3.8, 4) is 5.75 Å². The number of nitrogens with one attached hydrogen (secondary N) is 1. The molecule has 2 rings (SSSR count). The molecule has 0 spiro atoms. The van der Waals surface area contributed by atoms with Crippen LogP contribution in [-0.4, -0.2) is 19.1 Å². The van der Waals surface area contributed by atoms with E-state index in [-0.39, 0.29) is 5.91 Å². The molecular weight excluding hydrogens is 389 g/mol. The third kappa shape index (κ3) is 4.47. The molecule has 0 aromatic heterocycles. The van der Waals surface area contributed by atoms with Crippen molar-refractivity contribution < 1.29 is 9.53 Å². The Hall–Kier alpha value is -1.56. The third-order valence-electron chi connectivity index (χ3n) is 3.50. The molecule has 116 valence electrons. The van der Waals surface area contributed by atoms with E-state index >= 15 is 0 Å². The van der Waals surface area contributed by atoms with Crippen LogP contribution in [-0.2, 0) is 0 Å². The van der Waals surface area contributed by atoms with Crippen LogP contribution in [0.25, 0.3) is 0 Å². The summed E-state index contributed by atoms with van der Waals surface area (Å²) in [6.07, 6.45) is 0. The molecule has 0 atom stereocenters. The van der Waals surface area contributed by atoms with E-state index in [9.17, 15) is 4.79 Å². The highest BCUT2D eigenvalue weighted by atomic mass is 127. The van der Waals surface area contributed by atoms with Crippen molar-refractivity contribution in [1.29, 1.82) is 0 Å². The number of aryl methyl sites for hydroxylation is 3. The van der Waals surface area contributed by atoms with Gasteiger partial charge in [0.2, 0.25) is 0 Å². The number of benzene rings is 2. The highest BCUT2D eigenvalue weighted by Gasteiger charge is 2.09. The molecule has 2 aromatic carbocycles. The summed E-state index contributed by atoms with van der Waals surface area (Å²) in [5.74, 6) is 0.773. The maximum atomic E-state index is 12.1. The molecule has 2 aromatic rings. The third-order valence-corrected chi connectivity index (χ3v) is 4.40. The van der Waals surface area contributed by atoms with E-state index in [1.165, 1.54) is 11.1 Å². The van der Waals surface area contributed by atoms with Crippen LogP contribution in [0.1, 0.15) is 27.0 Å². The Morgan fingerprint density at radius 2 is 1.86 bits per heavy atom. The van der Waals surface area contributed by atoms with Gasteiger partial charge in [0.15, 0.2) is 0 Å². The van der Waals surface area contributed by atoms with Crippen LogP contribution in [0.4, 0.5) is 0 Å². The molecule has 0 aliphatic heterocycles. The molecule has 22 heavy (non-hydrogen) atoms. The number of hydrogen-bond acceptors (Lipinski definition) is 2. The summed E-state index contributed by atoms with van der Waals surface area (Å²) in [6.45, 7) is 7.08. The molecule has 3 nitrogen and oxygen atoms in total. The molecule has 0 aliphatic rings. The molecule has 0 saturated heterocycles. The Morgan fingerprint density at radius 3 is 2.55 bits per heavy atom. The Morgan fingerprint density at radius 1 is 1.09 bits per heavy atom. The Kier molecular flexibility index (Phi) is 5.83. The maximum absolute atomic E-state index is 12.1. The first-order valence-corrected chi connectivity index (χ1v) is 8.29. The maximum Gasteiger partial charge on any atom is 0.252 e. The minimum atomic E-state index is -0.0620. The Bertz CT molecular complexity index is 683. The van der Waals surface area contributed by atoms with Gasteiger partial charge in [0.05, 0.1) is 12.1 Å². The van der Waals surface area contributed by atoms with E-state index in [2.05, 4.69) is 41.8 Å². The van der Waals surface area contributed by atoms with E-state index < -0.39 is 0 Å². The first kappa shape index (κ1) is 16.8. The lowest BCUT2D eigenvalue weighted by atomic mass is 10.1. The van der Waals surface area contributed by atoms with E-state index in [0.29, 0.717) is 18.7 Å². The van der Waals surface area contributed by atoms with Crippen LogP contribution < -0.4 is 10.1 Å². The van der Waals surface area contributed by atoms with Crippen molar-refractivity contribution in [3.63, 3.8) is 0 Å². The van der Waals surface area contributed by atoms with Gasteiger partial charge in [-0.2, -0.15) is 0 Å². The van der Waals surface area contributed by atoms with Gasteiger partial charge in [-0.05, 0) is 78.8 Å². The van der Waals surface area contributed by atoms with Gasteiger partial charge in [0.25, 0.3) is 5.91 Å². The van der Waals surface area contributed by atoms with E-state index in [0.717, 1.165) is 14.9 Å². The number of amides is 1. The molecule has 4 heteroatoms. The molecule has 1 amide bonds. The average molecular weight is 409 g/mol. The topological polar surface area (TPSA) is 38.3 Å². The quantitative estimate of drug-likeness (QED) is 0.599. The van der Waals surface area contributed by atoms with Gasteiger partial charge in [0.1, 0.15) is 12.4 Å². The van der Waals surface area contributed by atoms with Gasteiger partial charge >= 0.3 is 0 Å². The number of ether oxygens (including phenoxy) is 1. The molecule has 0 radical (unpaired) electrons. The largest absolute Gasteiger partial charge is 0.492 e. The van der Waals surface area contributed by atoms with Gasteiger partial charge in [-0.3, -0.25) is 4.79 Å². The van der Waals surface area contributed by atoms with Crippen molar-refractivity contribution in [1.82, 2.24) is 5.32 Å². The zero-order valence-electron chi connectivity index (χ0n) is 13.1. The SMILES string of the molecule is Cc1ccc(C(=O)NCCOc2ccc(C)c(C)c2)c(I)c1. The second kappa shape index (κ2) is 7.63. The van der Waals surface area contributed by atoms with Crippen LogP contribution in [0.3, 0.4) is 0 Å². The predicted octanol–water partition coefficient (Wildman–Crippen LogP) is 4.03. The van der Waals surface area contributed by atoms with E-state index in [1.54, 1.807) is 0 Å². The van der Waals surface area contributed by atoms with Crippen LogP contribution in [0.15, 0.2) is 36.4 Å². The van der Waals surface area contributed by atoms with Crippen LogP contribution in [0.2, 0.25) is 0 Å². The minimum Gasteiger partial charge on any atom is -0.492 e. The molecule has 0 unspecified atom stereocenters. The zero-order valence-corrected chi connectivity index (χ0v) is 15.2. The van der Waals surface area contributed by atoms with Crippen molar-refractivity contribution in [2.75, 3.05) is 13.2 Å². The summed E-state index contributed by atoms with van der Waals surface area (Å²) in [5, 5.41) is 2.89. The number of hydrogen-bond donors (Lipinski definition) is 1. The van der Waals surface area contributed by atoms with Crippen molar-refractivity contribution in [2.45, 2.75) is 20.8 Å². The predicted molar refractivity (Wildman–Crippen MR) is 97.6 cm³/mol. The fourth-order valence-corrected chi connectivity index (χ4v) is 2.95. The van der Waals surface area contributed by atoms with Gasteiger partial charge < -0.3 is 10.1 Å². The molecule has 0 aliphatic carbocycles. The number of rotatable bonds is 5. The van der Waals surface area contributed by atoms with Gasteiger partial charge in [0, 0.05) is 3.57 Å². The van der Waals surface area contributed by atoms with Crippen LogP contribution >= 0.6 is 22.6 Å². The van der Waals surface area contributed by atoms with E-state index in [4.69, 9.17) is 4.74 Å². The van der Waals surface area contributed by atoms with Crippen molar-refractivity contribution in [3.05, 3.63) is 62.2 Å². The summed E-state index contributed by atoms with van der Waals surface area (Å²) in [5.41, 5.74) is 4.31. The van der Waals surface area contributed by atoms with Crippen LogP contribution in [0, 0.1) is 24.3 Å². The first-order chi connectivity index (χ1) is 10.5. The molecule has 0 bridgehead atoms. The molecule has 1 N–H and O–H groups in total. The molecule has 0 fully saturated rings. The zero-order chi connectivity index (χ0) is 16.1. The van der Waals surface area contributed by atoms with Crippen molar-refractivity contribution in [2.24, 2.45) is 0 Å². The lowest BCUT2D eigenvalue weighted by molar-refractivity contribution is 0.0946. The van der Waals surface area contributed by atoms with Crippen molar-refractivity contribution >= 4 is 28.5 Å². The second-order valence-corrected chi connectivity index (χ2v) is 6.50. The lowest BCUT2D eigenvalue weighted by Crippen LogP contribution is -2.28. The van der Waals surface area contributed by atoms with Gasteiger partial charge in [-0.15, -0.1) is 0 Å². The highest BCUT2D eigenvalue weighted by Crippen LogP contribution is 2.16. The smallest absolute Gasteiger partial charge is 0.252 e. The summed E-state index contributed by atoms with van der Waals surface area (Å²) < 4.78 is 6.62. The molecular formula is C18H20INO2. The Balaban J connectivity index is 1.83.